The van der Waals surface area contributed by atoms with Crippen molar-refractivity contribution in [1.29, 1.82) is 0 Å². The van der Waals surface area contributed by atoms with Crippen molar-refractivity contribution in [2.24, 2.45) is 0 Å². The van der Waals surface area contributed by atoms with Gasteiger partial charge in [0.2, 0.25) is 0 Å². The average Bonchev–Trinajstić information content (AvgIpc) is 2.36. The van der Waals surface area contributed by atoms with E-state index in [0.717, 1.165) is 5.56 Å². The van der Waals surface area contributed by atoms with Gasteiger partial charge in [-0.1, -0.05) is 18.2 Å². The zero-order chi connectivity index (χ0) is 14.3. The van der Waals surface area contributed by atoms with Crippen LogP contribution in [0, 0.1) is 5.82 Å². The molecule has 1 aromatic rings. The quantitative estimate of drug-likeness (QED) is 0.608. The molecule has 1 unspecified atom stereocenters. The van der Waals surface area contributed by atoms with Crippen molar-refractivity contribution in [3.8, 4) is 0 Å². The van der Waals surface area contributed by atoms with Crippen molar-refractivity contribution in [2.75, 3.05) is 13.2 Å². The van der Waals surface area contributed by atoms with Crippen LogP contribution in [0.4, 0.5) is 4.39 Å². The van der Waals surface area contributed by atoms with Gasteiger partial charge in [0.25, 0.3) is 0 Å². The maximum absolute atomic E-state index is 13.2. The summed E-state index contributed by atoms with van der Waals surface area (Å²) in [5.41, 5.74) is -0.148. The van der Waals surface area contributed by atoms with Gasteiger partial charge in [-0.05, 0) is 31.5 Å². The van der Waals surface area contributed by atoms with E-state index in [9.17, 15) is 9.18 Å². The third kappa shape index (κ3) is 4.48. The van der Waals surface area contributed by atoms with E-state index < -0.39 is 5.54 Å². The fourth-order valence-corrected chi connectivity index (χ4v) is 1.85. The van der Waals surface area contributed by atoms with Gasteiger partial charge in [-0.3, -0.25) is 10.1 Å². The number of hydrogen-bond donors (Lipinski definition) is 1. The van der Waals surface area contributed by atoms with Crippen LogP contribution >= 0.6 is 0 Å². The van der Waals surface area contributed by atoms with Crippen molar-refractivity contribution < 1.29 is 13.9 Å². The van der Waals surface area contributed by atoms with Crippen LogP contribution in [0.1, 0.15) is 19.4 Å². The first-order chi connectivity index (χ1) is 9.01. The number of carbonyl (C=O) groups excluding carboxylic acids is 1. The zero-order valence-electron chi connectivity index (χ0n) is 11.4. The summed E-state index contributed by atoms with van der Waals surface area (Å²) < 4.78 is 18.3. The molecule has 0 aliphatic heterocycles. The highest BCUT2D eigenvalue weighted by molar-refractivity contribution is 5.80. The Morgan fingerprint density at radius 3 is 2.89 bits per heavy atom. The van der Waals surface area contributed by atoms with Gasteiger partial charge in [0, 0.05) is 13.0 Å². The second kappa shape index (κ2) is 7.04. The summed E-state index contributed by atoms with van der Waals surface area (Å²) in [6.07, 6.45) is 2.03. The largest absolute Gasteiger partial charge is 0.465 e. The van der Waals surface area contributed by atoms with Crippen molar-refractivity contribution in [1.82, 2.24) is 5.32 Å². The van der Waals surface area contributed by atoms with E-state index in [0.29, 0.717) is 19.6 Å². The standard InChI is InChI=1S/C15H20FNO2/c1-4-9-17-15(3,14(18)19-5-2)11-12-7-6-8-13(16)10-12/h4,6-8,10,17H,1,5,9,11H2,2-3H3. The molecular formula is C15H20FNO2. The fraction of sp³-hybridized carbons (Fsp3) is 0.400. The van der Waals surface area contributed by atoms with Gasteiger partial charge in [0.05, 0.1) is 6.61 Å². The van der Waals surface area contributed by atoms with Crippen LogP contribution in [0.2, 0.25) is 0 Å². The monoisotopic (exact) mass is 265 g/mol. The number of benzene rings is 1. The third-order valence-electron chi connectivity index (χ3n) is 2.81. The highest BCUT2D eigenvalue weighted by Crippen LogP contribution is 2.16. The van der Waals surface area contributed by atoms with Gasteiger partial charge < -0.3 is 4.74 Å². The van der Waals surface area contributed by atoms with E-state index in [1.165, 1.54) is 12.1 Å². The van der Waals surface area contributed by atoms with Crippen molar-refractivity contribution >= 4 is 5.97 Å². The predicted octanol–water partition coefficient (Wildman–Crippen LogP) is 2.47. The van der Waals surface area contributed by atoms with E-state index in [2.05, 4.69) is 11.9 Å². The molecule has 0 radical (unpaired) electrons. The van der Waals surface area contributed by atoms with E-state index >= 15 is 0 Å². The molecule has 0 aromatic heterocycles. The normalized spacial score (nSPS) is 13.6. The Hall–Kier alpha value is -1.68. The second-order valence-electron chi connectivity index (χ2n) is 4.53. The van der Waals surface area contributed by atoms with Crippen LogP contribution in [0.25, 0.3) is 0 Å². The highest BCUT2D eigenvalue weighted by atomic mass is 19.1. The topological polar surface area (TPSA) is 38.3 Å². The van der Waals surface area contributed by atoms with E-state index in [1.54, 1.807) is 32.1 Å². The number of carbonyl (C=O) groups is 1. The Labute approximate surface area is 113 Å². The van der Waals surface area contributed by atoms with E-state index in [-0.39, 0.29) is 11.8 Å². The molecule has 0 aliphatic rings. The fourth-order valence-electron chi connectivity index (χ4n) is 1.85. The molecule has 0 saturated carbocycles. The summed E-state index contributed by atoms with van der Waals surface area (Å²) in [4.78, 5) is 12.0. The molecule has 0 spiro atoms. The number of esters is 1. The summed E-state index contributed by atoms with van der Waals surface area (Å²) in [6.45, 7) is 7.91. The number of ether oxygens (including phenoxy) is 1. The lowest BCUT2D eigenvalue weighted by molar-refractivity contribution is -0.150. The molecule has 0 heterocycles. The summed E-state index contributed by atoms with van der Waals surface area (Å²) in [5.74, 6) is -0.659. The van der Waals surface area contributed by atoms with Crippen LogP contribution in [-0.4, -0.2) is 24.7 Å². The molecule has 0 bridgehead atoms. The number of hydrogen-bond acceptors (Lipinski definition) is 3. The molecule has 0 amide bonds. The first-order valence-corrected chi connectivity index (χ1v) is 6.29. The van der Waals surface area contributed by atoms with Crippen LogP contribution in [0.15, 0.2) is 36.9 Å². The smallest absolute Gasteiger partial charge is 0.326 e. The minimum Gasteiger partial charge on any atom is -0.465 e. The first kappa shape index (κ1) is 15.4. The van der Waals surface area contributed by atoms with E-state index in [4.69, 9.17) is 4.74 Å². The molecule has 0 aliphatic carbocycles. The Bertz CT molecular complexity index is 448. The summed E-state index contributed by atoms with van der Waals surface area (Å²) in [5, 5.41) is 3.08. The van der Waals surface area contributed by atoms with Crippen LogP contribution < -0.4 is 5.32 Å². The Balaban J connectivity index is 2.90. The maximum atomic E-state index is 13.2. The summed E-state index contributed by atoms with van der Waals surface area (Å²) in [7, 11) is 0. The SMILES string of the molecule is C=CCNC(C)(Cc1cccc(F)c1)C(=O)OCC. The molecule has 1 rings (SSSR count). The molecule has 104 valence electrons. The minimum absolute atomic E-state index is 0.313. The highest BCUT2D eigenvalue weighted by Gasteiger charge is 2.34. The van der Waals surface area contributed by atoms with Gasteiger partial charge in [-0.25, -0.2) is 4.39 Å². The lowest BCUT2D eigenvalue weighted by atomic mass is 9.92. The van der Waals surface area contributed by atoms with Gasteiger partial charge in [-0.2, -0.15) is 0 Å². The molecular weight excluding hydrogens is 245 g/mol. The lowest BCUT2D eigenvalue weighted by Gasteiger charge is -2.28. The van der Waals surface area contributed by atoms with E-state index in [1.807, 2.05) is 0 Å². The summed E-state index contributed by atoms with van der Waals surface area (Å²) >= 11 is 0. The van der Waals surface area contributed by atoms with Crippen LogP contribution in [0.5, 0.6) is 0 Å². The third-order valence-corrected chi connectivity index (χ3v) is 2.81. The number of nitrogens with one attached hydrogen (secondary N) is 1. The predicted molar refractivity (Wildman–Crippen MR) is 73.3 cm³/mol. The van der Waals surface area contributed by atoms with Crippen LogP contribution in [-0.2, 0) is 16.0 Å². The zero-order valence-corrected chi connectivity index (χ0v) is 11.4. The number of halogens is 1. The average molecular weight is 265 g/mol. The first-order valence-electron chi connectivity index (χ1n) is 6.29. The molecule has 0 saturated heterocycles. The Morgan fingerprint density at radius 2 is 2.32 bits per heavy atom. The maximum Gasteiger partial charge on any atom is 0.326 e. The Morgan fingerprint density at radius 1 is 1.58 bits per heavy atom. The molecule has 0 fully saturated rings. The molecule has 1 aromatic carbocycles. The van der Waals surface area contributed by atoms with Gasteiger partial charge in [-0.15, -0.1) is 6.58 Å². The summed E-state index contributed by atoms with van der Waals surface area (Å²) in [6, 6.07) is 6.22. The van der Waals surface area contributed by atoms with Crippen LogP contribution in [0.3, 0.4) is 0 Å². The molecule has 1 N–H and O–H groups in total. The number of rotatable bonds is 7. The molecule has 1 atom stereocenters. The van der Waals surface area contributed by atoms with Gasteiger partial charge >= 0.3 is 5.97 Å². The van der Waals surface area contributed by atoms with Crippen molar-refractivity contribution in [3.05, 3.63) is 48.3 Å². The van der Waals surface area contributed by atoms with Gasteiger partial charge in [0.15, 0.2) is 0 Å². The molecule has 4 heteroatoms. The minimum atomic E-state index is -0.891. The van der Waals surface area contributed by atoms with Crippen molar-refractivity contribution in [3.63, 3.8) is 0 Å². The lowest BCUT2D eigenvalue weighted by Crippen LogP contribution is -2.52. The Kier molecular flexibility index (Phi) is 5.70. The molecule has 19 heavy (non-hydrogen) atoms. The van der Waals surface area contributed by atoms with Crippen molar-refractivity contribution in [2.45, 2.75) is 25.8 Å². The van der Waals surface area contributed by atoms with Gasteiger partial charge in [0.1, 0.15) is 11.4 Å². The second-order valence-corrected chi connectivity index (χ2v) is 4.53. The molecule has 3 nitrogen and oxygen atoms in total.